The molecule has 0 radical (unpaired) electrons. The zero-order valence-corrected chi connectivity index (χ0v) is 11.0. The summed E-state index contributed by atoms with van der Waals surface area (Å²) in [4.78, 5) is 0. The summed E-state index contributed by atoms with van der Waals surface area (Å²) in [5.74, 6) is 0.794. The van der Waals surface area contributed by atoms with E-state index in [-0.39, 0.29) is 12.3 Å². The van der Waals surface area contributed by atoms with E-state index >= 15 is 0 Å². The smallest absolute Gasteiger partial charge is 0.212 e. The standard InChI is InChI=1S/C10H19N3O3S/c1-3-11-5-4-6-17(14,15)12-8-10-7-9(2)16-13-10/h7,11-12H,3-6,8H2,1-2H3. The van der Waals surface area contributed by atoms with E-state index in [1.165, 1.54) is 0 Å². The van der Waals surface area contributed by atoms with E-state index in [4.69, 9.17) is 4.52 Å². The third kappa shape index (κ3) is 5.81. The first kappa shape index (κ1) is 14.1. The number of hydrogen-bond acceptors (Lipinski definition) is 5. The number of nitrogens with zero attached hydrogens (tertiary/aromatic N) is 1. The Morgan fingerprint density at radius 1 is 1.47 bits per heavy atom. The van der Waals surface area contributed by atoms with Crippen LogP contribution >= 0.6 is 0 Å². The molecule has 0 amide bonds. The quantitative estimate of drug-likeness (QED) is 0.662. The van der Waals surface area contributed by atoms with Gasteiger partial charge in [0.15, 0.2) is 0 Å². The molecule has 7 heteroatoms. The summed E-state index contributed by atoms with van der Waals surface area (Å²) in [7, 11) is -3.22. The van der Waals surface area contributed by atoms with E-state index in [2.05, 4.69) is 15.2 Å². The zero-order valence-electron chi connectivity index (χ0n) is 10.2. The largest absolute Gasteiger partial charge is 0.361 e. The summed E-state index contributed by atoms with van der Waals surface area (Å²) in [6.07, 6.45) is 0.598. The first-order valence-electron chi connectivity index (χ1n) is 5.64. The molecular weight excluding hydrogens is 242 g/mol. The van der Waals surface area contributed by atoms with Crippen LogP contribution in [-0.4, -0.2) is 32.4 Å². The van der Waals surface area contributed by atoms with Crippen molar-refractivity contribution in [1.82, 2.24) is 15.2 Å². The van der Waals surface area contributed by atoms with Crippen molar-refractivity contribution in [2.75, 3.05) is 18.8 Å². The van der Waals surface area contributed by atoms with Gasteiger partial charge in [0.05, 0.1) is 18.0 Å². The normalized spacial score (nSPS) is 11.9. The van der Waals surface area contributed by atoms with Crippen LogP contribution in [0, 0.1) is 6.92 Å². The fraction of sp³-hybridized carbons (Fsp3) is 0.700. The van der Waals surface area contributed by atoms with E-state index in [9.17, 15) is 8.42 Å². The summed E-state index contributed by atoms with van der Waals surface area (Å²) in [6, 6.07) is 1.71. The first-order chi connectivity index (χ1) is 8.03. The average molecular weight is 261 g/mol. The molecule has 1 heterocycles. The molecule has 0 aliphatic carbocycles. The van der Waals surface area contributed by atoms with Crippen LogP contribution < -0.4 is 10.0 Å². The molecule has 0 aliphatic rings. The molecule has 0 spiro atoms. The predicted molar refractivity (Wildman–Crippen MR) is 65.0 cm³/mol. The molecule has 1 rings (SSSR count). The molecule has 0 bridgehead atoms. The second kappa shape index (κ2) is 6.73. The maximum Gasteiger partial charge on any atom is 0.212 e. The topological polar surface area (TPSA) is 84.2 Å². The molecule has 0 fully saturated rings. The summed E-state index contributed by atoms with van der Waals surface area (Å²) in [5.41, 5.74) is 0.595. The number of sulfonamides is 1. The molecular formula is C10H19N3O3S. The Morgan fingerprint density at radius 3 is 2.82 bits per heavy atom. The molecule has 0 aliphatic heterocycles. The summed E-state index contributed by atoms with van der Waals surface area (Å²) >= 11 is 0. The van der Waals surface area contributed by atoms with Gasteiger partial charge in [0.1, 0.15) is 5.76 Å². The van der Waals surface area contributed by atoms with E-state index in [0.29, 0.717) is 24.4 Å². The highest BCUT2D eigenvalue weighted by Gasteiger charge is 2.10. The molecule has 1 aromatic heterocycles. The van der Waals surface area contributed by atoms with E-state index in [0.717, 1.165) is 6.54 Å². The highest BCUT2D eigenvalue weighted by molar-refractivity contribution is 7.89. The molecule has 1 aromatic rings. The fourth-order valence-electron chi connectivity index (χ4n) is 1.32. The van der Waals surface area contributed by atoms with Gasteiger partial charge in [-0.2, -0.15) is 0 Å². The lowest BCUT2D eigenvalue weighted by atomic mass is 10.4. The molecule has 0 aromatic carbocycles. The van der Waals surface area contributed by atoms with Crippen LogP contribution in [0.2, 0.25) is 0 Å². The van der Waals surface area contributed by atoms with Crippen molar-refractivity contribution in [3.63, 3.8) is 0 Å². The number of hydrogen-bond donors (Lipinski definition) is 2. The van der Waals surface area contributed by atoms with Gasteiger partial charge >= 0.3 is 0 Å². The Bertz CT molecular complexity index is 428. The number of aromatic nitrogens is 1. The molecule has 6 nitrogen and oxygen atoms in total. The van der Waals surface area contributed by atoms with Gasteiger partial charge in [0.25, 0.3) is 0 Å². The molecule has 17 heavy (non-hydrogen) atoms. The molecule has 2 N–H and O–H groups in total. The molecule has 0 atom stereocenters. The molecule has 0 saturated heterocycles. The minimum Gasteiger partial charge on any atom is -0.361 e. The van der Waals surface area contributed by atoms with Crippen molar-refractivity contribution >= 4 is 10.0 Å². The minimum absolute atomic E-state index is 0.122. The van der Waals surface area contributed by atoms with Gasteiger partial charge in [0, 0.05) is 6.07 Å². The number of aryl methyl sites for hydroxylation is 1. The minimum atomic E-state index is -3.22. The molecule has 0 unspecified atom stereocenters. The lowest BCUT2D eigenvalue weighted by Gasteiger charge is -2.05. The van der Waals surface area contributed by atoms with E-state index < -0.39 is 10.0 Å². The average Bonchev–Trinajstić information content (AvgIpc) is 2.68. The van der Waals surface area contributed by atoms with Crippen LogP contribution in [0.4, 0.5) is 0 Å². The lowest BCUT2D eigenvalue weighted by molar-refractivity contribution is 0.390. The predicted octanol–water partition coefficient (Wildman–Crippen LogP) is 0.402. The van der Waals surface area contributed by atoms with Crippen LogP contribution in [-0.2, 0) is 16.6 Å². The lowest BCUT2D eigenvalue weighted by Crippen LogP contribution is -2.28. The highest BCUT2D eigenvalue weighted by atomic mass is 32.2. The van der Waals surface area contributed by atoms with Crippen molar-refractivity contribution in [3.05, 3.63) is 17.5 Å². The van der Waals surface area contributed by atoms with Gasteiger partial charge in [-0.05, 0) is 26.4 Å². The maximum absolute atomic E-state index is 11.6. The van der Waals surface area contributed by atoms with Gasteiger partial charge < -0.3 is 9.84 Å². The third-order valence-electron chi connectivity index (χ3n) is 2.17. The van der Waals surface area contributed by atoms with Crippen molar-refractivity contribution in [2.24, 2.45) is 0 Å². The van der Waals surface area contributed by atoms with Gasteiger partial charge in [-0.3, -0.25) is 0 Å². The van der Waals surface area contributed by atoms with Crippen LogP contribution in [0.15, 0.2) is 10.6 Å². The van der Waals surface area contributed by atoms with E-state index in [1.807, 2.05) is 6.92 Å². The molecule has 98 valence electrons. The van der Waals surface area contributed by atoms with Crippen molar-refractivity contribution in [3.8, 4) is 0 Å². The number of rotatable bonds is 8. The Labute approximate surface area is 102 Å². The first-order valence-corrected chi connectivity index (χ1v) is 7.29. The number of nitrogens with one attached hydrogen (secondary N) is 2. The van der Waals surface area contributed by atoms with Crippen LogP contribution in [0.5, 0.6) is 0 Å². The summed E-state index contributed by atoms with van der Waals surface area (Å²) in [6.45, 7) is 5.49. The Hall–Kier alpha value is -0.920. The summed E-state index contributed by atoms with van der Waals surface area (Å²) < 4.78 is 30.5. The zero-order chi connectivity index (χ0) is 12.7. The fourth-order valence-corrected chi connectivity index (χ4v) is 2.36. The van der Waals surface area contributed by atoms with Gasteiger partial charge in [-0.1, -0.05) is 12.1 Å². The van der Waals surface area contributed by atoms with Crippen LogP contribution in [0.25, 0.3) is 0 Å². The van der Waals surface area contributed by atoms with Crippen molar-refractivity contribution in [1.29, 1.82) is 0 Å². The SMILES string of the molecule is CCNCCCS(=O)(=O)NCc1cc(C)on1. The Kier molecular flexibility index (Phi) is 5.60. The third-order valence-corrected chi connectivity index (χ3v) is 3.58. The Balaban J connectivity index is 2.29. The maximum atomic E-state index is 11.6. The summed E-state index contributed by atoms with van der Waals surface area (Å²) in [5, 5.41) is 6.79. The van der Waals surface area contributed by atoms with Crippen molar-refractivity contribution < 1.29 is 12.9 Å². The Morgan fingerprint density at radius 2 is 2.24 bits per heavy atom. The van der Waals surface area contributed by atoms with Gasteiger partial charge in [0.2, 0.25) is 10.0 Å². The van der Waals surface area contributed by atoms with Crippen LogP contribution in [0.1, 0.15) is 24.8 Å². The van der Waals surface area contributed by atoms with Crippen LogP contribution in [0.3, 0.4) is 0 Å². The molecule has 0 saturated carbocycles. The monoisotopic (exact) mass is 261 g/mol. The second-order valence-electron chi connectivity index (χ2n) is 3.78. The van der Waals surface area contributed by atoms with E-state index in [1.54, 1.807) is 13.0 Å². The van der Waals surface area contributed by atoms with Gasteiger partial charge in [-0.15, -0.1) is 0 Å². The van der Waals surface area contributed by atoms with Gasteiger partial charge in [-0.25, -0.2) is 13.1 Å². The highest BCUT2D eigenvalue weighted by Crippen LogP contribution is 2.01. The van der Waals surface area contributed by atoms with Crippen molar-refractivity contribution in [2.45, 2.75) is 26.8 Å². The second-order valence-corrected chi connectivity index (χ2v) is 5.70.